The molecule has 1 aromatic rings. The van der Waals surface area contributed by atoms with Crippen LogP contribution in [0.25, 0.3) is 0 Å². The standard InChI is InChI=1S/C27H39N3O/c1-2-3-4-5-6-7-8-9-10-14-21-29-27(31)24(23-28)19-20-26-18-15-22-30(26)25-16-12-11-13-17-25/h11-13,16-17,19-20H,2-10,14-15,18,21-22H2,1H3,(H,29,31). The first-order valence-electron chi connectivity index (χ1n) is 12.2. The first kappa shape index (κ1) is 24.7. The Balaban J connectivity index is 1.68. The van der Waals surface area contributed by atoms with Gasteiger partial charge in [-0.05, 0) is 43.5 Å². The number of rotatable bonds is 14. The van der Waals surface area contributed by atoms with E-state index in [0.29, 0.717) is 6.54 Å². The van der Waals surface area contributed by atoms with Crippen LogP contribution in [0.1, 0.15) is 84.0 Å². The van der Waals surface area contributed by atoms with Crippen molar-refractivity contribution in [3.8, 4) is 6.07 Å². The zero-order valence-electron chi connectivity index (χ0n) is 19.2. The predicted octanol–water partition coefficient (Wildman–Crippen LogP) is 6.66. The molecule has 1 saturated heterocycles. The molecule has 1 aromatic carbocycles. The van der Waals surface area contributed by atoms with Crippen molar-refractivity contribution in [2.45, 2.75) is 84.0 Å². The summed E-state index contributed by atoms with van der Waals surface area (Å²) in [4.78, 5) is 14.6. The van der Waals surface area contributed by atoms with Crippen molar-refractivity contribution in [2.75, 3.05) is 18.0 Å². The molecule has 0 aromatic heterocycles. The van der Waals surface area contributed by atoms with Gasteiger partial charge in [0.2, 0.25) is 0 Å². The zero-order chi connectivity index (χ0) is 22.2. The van der Waals surface area contributed by atoms with E-state index in [1.54, 1.807) is 6.08 Å². The van der Waals surface area contributed by atoms with Gasteiger partial charge in [0.1, 0.15) is 11.6 Å². The molecule has 0 spiro atoms. The minimum atomic E-state index is -0.264. The van der Waals surface area contributed by atoms with Crippen LogP contribution in [-0.4, -0.2) is 19.0 Å². The summed E-state index contributed by atoms with van der Waals surface area (Å²) in [6, 6.07) is 12.3. The largest absolute Gasteiger partial charge is 0.351 e. The van der Waals surface area contributed by atoms with Gasteiger partial charge in [-0.15, -0.1) is 0 Å². The predicted molar refractivity (Wildman–Crippen MR) is 130 cm³/mol. The summed E-state index contributed by atoms with van der Waals surface area (Å²) in [5.74, 6) is -0.264. The van der Waals surface area contributed by atoms with Gasteiger partial charge in [-0.2, -0.15) is 5.26 Å². The van der Waals surface area contributed by atoms with Crippen molar-refractivity contribution >= 4 is 11.6 Å². The minimum absolute atomic E-state index is 0.180. The van der Waals surface area contributed by atoms with Crippen molar-refractivity contribution in [1.82, 2.24) is 5.32 Å². The Kier molecular flexibility index (Phi) is 12.2. The Labute approximate surface area is 189 Å². The van der Waals surface area contributed by atoms with Gasteiger partial charge in [-0.1, -0.05) is 82.9 Å². The Hall–Kier alpha value is -2.54. The number of anilines is 1. The van der Waals surface area contributed by atoms with Gasteiger partial charge in [0.15, 0.2) is 0 Å². The molecule has 0 aliphatic carbocycles. The van der Waals surface area contributed by atoms with Gasteiger partial charge in [-0.3, -0.25) is 4.79 Å². The molecule has 0 saturated carbocycles. The Morgan fingerprint density at radius 3 is 2.32 bits per heavy atom. The van der Waals surface area contributed by atoms with Crippen LogP contribution < -0.4 is 10.2 Å². The molecule has 1 amide bonds. The highest BCUT2D eigenvalue weighted by Crippen LogP contribution is 2.28. The molecule has 1 aliphatic rings. The summed E-state index contributed by atoms with van der Waals surface area (Å²) < 4.78 is 0. The van der Waals surface area contributed by atoms with Crippen LogP contribution >= 0.6 is 0 Å². The van der Waals surface area contributed by atoms with Crippen molar-refractivity contribution in [3.63, 3.8) is 0 Å². The van der Waals surface area contributed by atoms with Crippen LogP contribution in [0, 0.1) is 11.3 Å². The fourth-order valence-electron chi connectivity index (χ4n) is 4.03. The summed E-state index contributed by atoms with van der Waals surface area (Å²) in [6.45, 7) is 3.86. The fraction of sp³-hybridized carbons (Fsp3) is 0.556. The lowest BCUT2D eigenvalue weighted by molar-refractivity contribution is -0.117. The molecular formula is C27H39N3O. The summed E-state index contributed by atoms with van der Waals surface area (Å²) >= 11 is 0. The van der Waals surface area contributed by atoms with Crippen LogP contribution in [0.2, 0.25) is 0 Å². The third kappa shape index (κ3) is 9.42. The quantitative estimate of drug-likeness (QED) is 0.208. The zero-order valence-corrected chi connectivity index (χ0v) is 19.2. The van der Waals surface area contributed by atoms with E-state index in [-0.39, 0.29) is 11.5 Å². The average Bonchev–Trinajstić information content (AvgIpc) is 3.27. The smallest absolute Gasteiger partial charge is 0.261 e. The van der Waals surface area contributed by atoms with Crippen molar-refractivity contribution in [1.29, 1.82) is 5.26 Å². The maximum atomic E-state index is 12.3. The number of nitrogens with zero attached hydrogens (tertiary/aromatic N) is 2. The van der Waals surface area contributed by atoms with Crippen LogP contribution in [0.4, 0.5) is 5.69 Å². The lowest BCUT2D eigenvalue weighted by Gasteiger charge is -2.19. The van der Waals surface area contributed by atoms with Crippen molar-refractivity contribution in [2.24, 2.45) is 0 Å². The number of para-hydroxylation sites is 1. The molecular weight excluding hydrogens is 382 g/mol. The highest BCUT2D eigenvalue weighted by atomic mass is 16.1. The van der Waals surface area contributed by atoms with Gasteiger partial charge in [0.05, 0.1) is 0 Å². The van der Waals surface area contributed by atoms with E-state index in [2.05, 4.69) is 35.3 Å². The lowest BCUT2D eigenvalue weighted by Crippen LogP contribution is -2.25. The summed E-state index contributed by atoms with van der Waals surface area (Å²) in [7, 11) is 0. The number of amides is 1. The number of carbonyl (C=O) groups excluding carboxylic acids is 1. The van der Waals surface area contributed by atoms with E-state index in [1.165, 1.54) is 51.4 Å². The molecule has 0 radical (unpaired) electrons. The first-order chi connectivity index (χ1) is 15.3. The van der Waals surface area contributed by atoms with E-state index >= 15 is 0 Å². The number of nitriles is 1. The maximum Gasteiger partial charge on any atom is 0.261 e. The summed E-state index contributed by atoms with van der Waals surface area (Å²) in [5.41, 5.74) is 2.49. The number of hydrogen-bond donors (Lipinski definition) is 1. The maximum absolute atomic E-state index is 12.3. The van der Waals surface area contributed by atoms with Gasteiger partial charge in [-0.25, -0.2) is 0 Å². The normalized spacial score (nSPS) is 15.3. The molecule has 0 atom stereocenters. The topological polar surface area (TPSA) is 56.1 Å². The molecule has 1 aliphatic heterocycles. The van der Waals surface area contributed by atoms with Gasteiger partial charge in [0.25, 0.3) is 5.91 Å². The second kappa shape index (κ2) is 15.3. The monoisotopic (exact) mass is 421 g/mol. The van der Waals surface area contributed by atoms with Gasteiger partial charge >= 0.3 is 0 Å². The molecule has 168 valence electrons. The van der Waals surface area contributed by atoms with Crippen LogP contribution in [0.3, 0.4) is 0 Å². The van der Waals surface area contributed by atoms with Gasteiger partial charge in [0, 0.05) is 24.5 Å². The molecule has 1 N–H and O–H groups in total. The van der Waals surface area contributed by atoms with Crippen LogP contribution in [0.5, 0.6) is 0 Å². The highest BCUT2D eigenvalue weighted by Gasteiger charge is 2.18. The Bertz CT molecular complexity index is 745. The van der Waals surface area contributed by atoms with E-state index in [0.717, 1.165) is 43.6 Å². The SMILES string of the molecule is CCCCCCCCCCCCNC(=O)C(C#N)=CC=C1CCCN1c1ccccc1. The van der Waals surface area contributed by atoms with E-state index < -0.39 is 0 Å². The Morgan fingerprint density at radius 1 is 1.03 bits per heavy atom. The van der Waals surface area contributed by atoms with Crippen LogP contribution in [0.15, 0.2) is 53.8 Å². The third-order valence-corrected chi connectivity index (χ3v) is 5.85. The fourth-order valence-corrected chi connectivity index (χ4v) is 4.03. The molecule has 0 unspecified atom stereocenters. The molecule has 4 nitrogen and oxygen atoms in total. The second-order valence-corrected chi connectivity index (χ2v) is 8.38. The highest BCUT2D eigenvalue weighted by molar-refractivity contribution is 5.97. The number of unbranched alkanes of at least 4 members (excludes halogenated alkanes) is 9. The number of carbonyl (C=O) groups is 1. The minimum Gasteiger partial charge on any atom is -0.351 e. The first-order valence-corrected chi connectivity index (χ1v) is 12.2. The number of hydrogen-bond acceptors (Lipinski definition) is 3. The molecule has 1 heterocycles. The van der Waals surface area contributed by atoms with E-state index in [4.69, 9.17) is 0 Å². The average molecular weight is 422 g/mol. The van der Waals surface area contributed by atoms with Crippen LogP contribution in [-0.2, 0) is 4.79 Å². The molecule has 4 heteroatoms. The second-order valence-electron chi connectivity index (χ2n) is 8.38. The number of nitrogens with one attached hydrogen (secondary N) is 1. The molecule has 2 rings (SSSR count). The van der Waals surface area contributed by atoms with E-state index in [9.17, 15) is 10.1 Å². The van der Waals surface area contributed by atoms with Crippen molar-refractivity contribution < 1.29 is 4.79 Å². The van der Waals surface area contributed by atoms with Crippen molar-refractivity contribution in [3.05, 3.63) is 53.8 Å². The third-order valence-electron chi connectivity index (χ3n) is 5.85. The Morgan fingerprint density at radius 2 is 1.68 bits per heavy atom. The number of benzene rings is 1. The van der Waals surface area contributed by atoms with E-state index in [1.807, 2.05) is 24.3 Å². The molecule has 0 bridgehead atoms. The molecule has 31 heavy (non-hydrogen) atoms. The summed E-state index contributed by atoms with van der Waals surface area (Å²) in [5, 5.41) is 12.3. The molecule has 1 fully saturated rings. The lowest BCUT2D eigenvalue weighted by atomic mass is 10.1. The number of allylic oxidation sites excluding steroid dienone is 3. The summed E-state index contributed by atoms with van der Waals surface area (Å²) in [6.07, 6.45) is 18.4. The van der Waals surface area contributed by atoms with Gasteiger partial charge < -0.3 is 10.2 Å².